The Morgan fingerprint density at radius 1 is 1.44 bits per heavy atom. The van der Waals surface area contributed by atoms with Crippen LogP contribution in [-0.2, 0) is 14.3 Å². The summed E-state index contributed by atoms with van der Waals surface area (Å²) in [6.45, 7) is 2.39. The molecule has 0 spiro atoms. The Labute approximate surface area is 92.6 Å². The summed E-state index contributed by atoms with van der Waals surface area (Å²) in [7, 11) is 2.58. The number of carbonyl (C=O) groups excluding carboxylic acids is 3. The minimum Gasteiger partial charge on any atom is -0.444 e. The average molecular weight is 230 g/mol. The molecule has 7 heteroatoms. The number of amides is 3. The summed E-state index contributed by atoms with van der Waals surface area (Å²) >= 11 is 0. The van der Waals surface area contributed by atoms with E-state index in [1.165, 1.54) is 21.0 Å². The van der Waals surface area contributed by atoms with Gasteiger partial charge in [0.15, 0.2) is 6.23 Å². The standard InChI is InChI=1S/C9H14N2O5/c1-5(12)16-9(2)6(13)10(3)8(15)11(4)7(9)14/h6,13H,1-4H3/t6-,9-/m1/s1. The maximum absolute atomic E-state index is 11.8. The van der Waals surface area contributed by atoms with Crippen molar-refractivity contribution in [2.24, 2.45) is 0 Å². The van der Waals surface area contributed by atoms with Crippen LogP contribution >= 0.6 is 0 Å². The number of rotatable bonds is 1. The lowest BCUT2D eigenvalue weighted by atomic mass is 9.99. The number of nitrogens with zero attached hydrogens (tertiary/aromatic N) is 2. The van der Waals surface area contributed by atoms with Gasteiger partial charge in [-0.15, -0.1) is 0 Å². The van der Waals surface area contributed by atoms with E-state index in [0.717, 1.165) is 16.7 Å². The van der Waals surface area contributed by atoms with Gasteiger partial charge in [0, 0.05) is 21.0 Å². The highest BCUT2D eigenvalue weighted by molar-refractivity contribution is 6.02. The van der Waals surface area contributed by atoms with Gasteiger partial charge in [-0.1, -0.05) is 0 Å². The van der Waals surface area contributed by atoms with Crippen molar-refractivity contribution in [3.63, 3.8) is 0 Å². The van der Waals surface area contributed by atoms with Gasteiger partial charge in [0.1, 0.15) is 0 Å². The average Bonchev–Trinajstić information content (AvgIpc) is 2.21. The van der Waals surface area contributed by atoms with E-state index in [-0.39, 0.29) is 0 Å². The highest BCUT2D eigenvalue weighted by Gasteiger charge is 2.54. The van der Waals surface area contributed by atoms with E-state index in [1.54, 1.807) is 0 Å². The normalized spacial score (nSPS) is 30.7. The number of likely N-dealkylation sites (N-methyl/N-ethyl adjacent to an activating group) is 2. The summed E-state index contributed by atoms with van der Waals surface area (Å²) in [5.74, 6) is -1.45. The lowest BCUT2D eigenvalue weighted by molar-refractivity contribution is -0.199. The van der Waals surface area contributed by atoms with Gasteiger partial charge < -0.3 is 9.84 Å². The topological polar surface area (TPSA) is 87.2 Å². The quantitative estimate of drug-likeness (QED) is 0.593. The third-order valence-corrected chi connectivity index (χ3v) is 2.53. The minimum absolute atomic E-state index is 0.651. The van der Waals surface area contributed by atoms with Crippen LogP contribution in [0.4, 0.5) is 4.79 Å². The van der Waals surface area contributed by atoms with Gasteiger partial charge in [-0.05, 0) is 6.92 Å². The maximum Gasteiger partial charge on any atom is 0.328 e. The number of esters is 1. The van der Waals surface area contributed by atoms with Crippen LogP contribution in [0.15, 0.2) is 0 Å². The van der Waals surface area contributed by atoms with Gasteiger partial charge in [-0.2, -0.15) is 0 Å². The van der Waals surface area contributed by atoms with Crippen LogP contribution in [0.3, 0.4) is 0 Å². The Morgan fingerprint density at radius 2 is 1.94 bits per heavy atom. The molecule has 2 atom stereocenters. The van der Waals surface area contributed by atoms with Crippen molar-refractivity contribution < 1.29 is 24.2 Å². The van der Waals surface area contributed by atoms with E-state index in [9.17, 15) is 19.5 Å². The van der Waals surface area contributed by atoms with Gasteiger partial charge in [-0.3, -0.25) is 19.4 Å². The fourth-order valence-corrected chi connectivity index (χ4v) is 1.64. The lowest BCUT2D eigenvalue weighted by Crippen LogP contribution is -2.69. The molecule has 0 radical (unpaired) electrons. The summed E-state index contributed by atoms with van der Waals surface area (Å²) < 4.78 is 4.82. The van der Waals surface area contributed by atoms with Crippen LogP contribution < -0.4 is 0 Å². The third kappa shape index (κ3) is 1.63. The van der Waals surface area contributed by atoms with E-state index < -0.39 is 29.7 Å². The number of hydrogen-bond donors (Lipinski definition) is 1. The Bertz CT molecular complexity index is 356. The smallest absolute Gasteiger partial charge is 0.328 e. The number of carbonyl (C=O) groups is 3. The first kappa shape index (κ1) is 12.4. The summed E-state index contributed by atoms with van der Waals surface area (Å²) in [5.41, 5.74) is -1.76. The molecule has 0 aromatic carbocycles. The SMILES string of the molecule is CC(=O)O[C@@]1(C)C(=O)N(C)C(=O)N(C)[C@@H]1O. The number of ether oxygens (including phenoxy) is 1. The minimum atomic E-state index is -1.76. The molecule has 0 aromatic heterocycles. The van der Waals surface area contributed by atoms with Gasteiger partial charge >= 0.3 is 12.0 Å². The van der Waals surface area contributed by atoms with Crippen molar-refractivity contribution in [1.29, 1.82) is 0 Å². The van der Waals surface area contributed by atoms with Gasteiger partial charge in [0.2, 0.25) is 5.60 Å². The second kappa shape index (κ2) is 3.75. The Kier molecular flexibility index (Phi) is 2.91. The molecule has 1 aliphatic heterocycles. The van der Waals surface area contributed by atoms with Crippen LogP contribution in [0.2, 0.25) is 0 Å². The second-order valence-electron chi connectivity index (χ2n) is 3.83. The molecule has 7 nitrogen and oxygen atoms in total. The Hall–Kier alpha value is -1.63. The maximum atomic E-state index is 11.8. The van der Waals surface area contributed by atoms with E-state index >= 15 is 0 Å². The molecule has 1 heterocycles. The lowest BCUT2D eigenvalue weighted by Gasteiger charge is -2.44. The highest BCUT2D eigenvalue weighted by atomic mass is 16.6. The molecule has 16 heavy (non-hydrogen) atoms. The Balaban J connectivity index is 3.12. The zero-order valence-electron chi connectivity index (χ0n) is 9.55. The zero-order valence-corrected chi connectivity index (χ0v) is 9.55. The van der Waals surface area contributed by atoms with Crippen LogP contribution in [0.1, 0.15) is 13.8 Å². The summed E-state index contributed by atoms with van der Waals surface area (Å²) in [6, 6.07) is -0.651. The molecule has 3 amide bonds. The van der Waals surface area contributed by atoms with Gasteiger partial charge in [-0.25, -0.2) is 4.79 Å². The summed E-state index contributed by atoms with van der Waals surface area (Å²) in [5, 5.41) is 9.78. The van der Waals surface area contributed by atoms with Crippen LogP contribution in [0.25, 0.3) is 0 Å². The third-order valence-electron chi connectivity index (χ3n) is 2.53. The molecular formula is C9H14N2O5. The number of aliphatic hydroxyl groups excluding tert-OH is 1. The van der Waals surface area contributed by atoms with Crippen LogP contribution in [0, 0.1) is 0 Å². The van der Waals surface area contributed by atoms with Crippen LogP contribution in [0.5, 0.6) is 0 Å². The van der Waals surface area contributed by atoms with Crippen molar-refractivity contribution in [2.45, 2.75) is 25.7 Å². The van der Waals surface area contributed by atoms with Crippen molar-refractivity contribution in [3.05, 3.63) is 0 Å². The summed E-state index contributed by atoms with van der Waals surface area (Å²) in [6.07, 6.45) is -1.49. The van der Waals surface area contributed by atoms with E-state index in [4.69, 9.17) is 4.74 Å². The predicted octanol–water partition coefficient (Wildman–Crippen LogP) is -0.850. The Morgan fingerprint density at radius 3 is 2.38 bits per heavy atom. The molecule has 0 unspecified atom stereocenters. The molecule has 0 saturated carbocycles. The number of imide groups is 1. The fourth-order valence-electron chi connectivity index (χ4n) is 1.64. The van der Waals surface area contributed by atoms with Gasteiger partial charge in [0.25, 0.3) is 5.91 Å². The van der Waals surface area contributed by atoms with Crippen molar-refractivity contribution >= 4 is 17.9 Å². The molecule has 0 aliphatic carbocycles. The first-order chi connectivity index (χ1) is 7.21. The first-order valence-corrected chi connectivity index (χ1v) is 4.64. The number of hydrogen-bond acceptors (Lipinski definition) is 5. The molecule has 1 N–H and O–H groups in total. The monoisotopic (exact) mass is 230 g/mol. The van der Waals surface area contributed by atoms with Crippen LogP contribution in [-0.4, -0.2) is 58.7 Å². The van der Waals surface area contributed by atoms with Crippen molar-refractivity contribution in [3.8, 4) is 0 Å². The molecule has 0 aromatic rings. The second-order valence-corrected chi connectivity index (χ2v) is 3.83. The molecular weight excluding hydrogens is 216 g/mol. The first-order valence-electron chi connectivity index (χ1n) is 4.64. The summed E-state index contributed by atoms with van der Waals surface area (Å²) in [4.78, 5) is 35.9. The molecule has 1 aliphatic rings. The number of urea groups is 1. The van der Waals surface area contributed by atoms with Gasteiger partial charge in [0.05, 0.1) is 0 Å². The predicted molar refractivity (Wildman–Crippen MR) is 52.1 cm³/mol. The molecule has 1 saturated heterocycles. The van der Waals surface area contributed by atoms with E-state index in [0.29, 0.717) is 0 Å². The number of aliphatic hydroxyl groups is 1. The molecule has 1 fully saturated rings. The zero-order chi connectivity index (χ0) is 12.7. The molecule has 0 bridgehead atoms. The molecule has 90 valence electrons. The van der Waals surface area contributed by atoms with Crippen molar-refractivity contribution in [2.75, 3.05) is 14.1 Å². The van der Waals surface area contributed by atoms with Crippen molar-refractivity contribution in [1.82, 2.24) is 9.80 Å². The van der Waals surface area contributed by atoms with E-state index in [2.05, 4.69) is 0 Å². The molecule has 1 rings (SSSR count). The van der Waals surface area contributed by atoms with E-state index in [1.807, 2.05) is 0 Å². The highest BCUT2D eigenvalue weighted by Crippen LogP contribution is 2.26. The fraction of sp³-hybridized carbons (Fsp3) is 0.667. The largest absolute Gasteiger partial charge is 0.444 e.